The van der Waals surface area contributed by atoms with Crippen molar-refractivity contribution < 1.29 is 19.1 Å². The second-order valence-electron chi connectivity index (χ2n) is 7.65. The van der Waals surface area contributed by atoms with Crippen molar-refractivity contribution >= 4 is 63.9 Å². The van der Waals surface area contributed by atoms with Crippen LogP contribution in [-0.4, -0.2) is 35.6 Å². The zero-order valence-electron chi connectivity index (χ0n) is 18.9. The molecule has 0 atom stereocenters. The van der Waals surface area contributed by atoms with Crippen LogP contribution in [0.2, 0.25) is 5.02 Å². The van der Waals surface area contributed by atoms with E-state index in [2.05, 4.69) is 29.6 Å². The van der Waals surface area contributed by atoms with Gasteiger partial charge in [-0.05, 0) is 72.8 Å². The molecular weight excluding hydrogens is 504 g/mol. The molecule has 0 saturated carbocycles. The number of hydrogen-bond donors (Lipinski definition) is 1. The number of ether oxygens (including phenoxy) is 1. The van der Waals surface area contributed by atoms with Gasteiger partial charge in [-0.2, -0.15) is 0 Å². The lowest BCUT2D eigenvalue weighted by Gasteiger charge is -2.13. The molecule has 178 valence electrons. The molecule has 0 radical (unpaired) electrons. The van der Waals surface area contributed by atoms with Gasteiger partial charge in [-0.1, -0.05) is 53.2 Å². The lowest BCUT2D eigenvalue weighted by Crippen LogP contribution is -2.36. The first kappa shape index (κ1) is 24.9. The Labute approximate surface area is 216 Å². The summed E-state index contributed by atoms with van der Waals surface area (Å²) < 4.78 is 5.09. The topological polar surface area (TPSA) is 75.7 Å². The zero-order chi connectivity index (χ0) is 24.9. The number of anilines is 1. The van der Waals surface area contributed by atoms with Crippen LogP contribution in [-0.2, 0) is 9.59 Å². The molecule has 9 heteroatoms. The average molecular weight is 525 g/mol. The maximum atomic E-state index is 12.8. The molecule has 3 aromatic carbocycles. The highest BCUT2D eigenvalue weighted by Gasteiger charge is 2.36. The number of nitrogens with zero attached hydrogens (tertiary/aromatic N) is 1. The Hall–Kier alpha value is -3.20. The normalized spacial score (nSPS) is 14.5. The summed E-state index contributed by atoms with van der Waals surface area (Å²) in [6.45, 7) is 1.66. The fraction of sp³-hybridized carbons (Fsp3) is 0.115. The Morgan fingerprint density at radius 3 is 2.34 bits per heavy atom. The van der Waals surface area contributed by atoms with E-state index >= 15 is 0 Å². The Morgan fingerprint density at radius 2 is 1.71 bits per heavy atom. The molecule has 0 aromatic heterocycles. The molecule has 4 rings (SSSR count). The maximum absolute atomic E-state index is 12.8. The van der Waals surface area contributed by atoms with Gasteiger partial charge in [-0.15, -0.1) is 0 Å². The minimum atomic E-state index is -0.507. The monoisotopic (exact) mass is 524 g/mol. The van der Waals surface area contributed by atoms with E-state index in [0.717, 1.165) is 32.0 Å². The summed E-state index contributed by atoms with van der Waals surface area (Å²) in [5, 5.41) is 2.49. The van der Waals surface area contributed by atoms with Crippen LogP contribution < -0.4 is 10.1 Å². The first-order valence-corrected chi connectivity index (χ1v) is 12.6. The number of benzene rings is 3. The van der Waals surface area contributed by atoms with Crippen LogP contribution in [0.5, 0.6) is 5.75 Å². The molecule has 1 fully saturated rings. The van der Waals surface area contributed by atoms with Crippen molar-refractivity contribution in [1.82, 2.24) is 4.90 Å². The smallest absolute Gasteiger partial charge is 0.294 e. The van der Waals surface area contributed by atoms with Crippen molar-refractivity contribution in [3.05, 3.63) is 87.8 Å². The molecule has 1 N–H and O–H groups in total. The number of aryl methyl sites for hydroxylation is 1. The Bertz CT molecular complexity index is 1310. The molecule has 0 unspecified atom stereocenters. The van der Waals surface area contributed by atoms with Crippen LogP contribution in [0, 0.1) is 6.92 Å². The summed E-state index contributed by atoms with van der Waals surface area (Å²) in [5.41, 5.74) is 2.44. The van der Waals surface area contributed by atoms with E-state index in [-0.39, 0.29) is 4.91 Å². The van der Waals surface area contributed by atoms with Gasteiger partial charge in [-0.25, -0.2) is 0 Å². The molecule has 35 heavy (non-hydrogen) atoms. The van der Waals surface area contributed by atoms with Crippen molar-refractivity contribution in [1.29, 1.82) is 0 Å². The van der Waals surface area contributed by atoms with Crippen molar-refractivity contribution in [3.8, 4) is 5.75 Å². The molecule has 3 amide bonds. The molecule has 0 bridgehead atoms. The first-order chi connectivity index (χ1) is 16.8. The molecule has 1 saturated heterocycles. The number of carbonyl (C=O) groups is 3. The van der Waals surface area contributed by atoms with E-state index in [9.17, 15) is 14.4 Å². The number of nitrogens with one attached hydrogen (secondary N) is 1. The fourth-order valence-corrected chi connectivity index (χ4v) is 5.16. The van der Waals surface area contributed by atoms with Crippen LogP contribution in [0.25, 0.3) is 6.08 Å². The van der Waals surface area contributed by atoms with Crippen LogP contribution in [0.15, 0.2) is 81.4 Å². The third kappa shape index (κ3) is 6.28. The molecule has 6 nitrogen and oxygen atoms in total. The molecule has 0 aliphatic carbocycles. The second kappa shape index (κ2) is 11.0. The number of methoxy groups -OCH3 is 1. The van der Waals surface area contributed by atoms with Gasteiger partial charge in [0.15, 0.2) is 0 Å². The lowest BCUT2D eigenvalue weighted by molar-refractivity contribution is -0.127. The third-order valence-corrected chi connectivity index (χ3v) is 7.26. The second-order valence-corrected chi connectivity index (χ2v) is 10.2. The SMILES string of the molecule is COc1ccc(NC(=O)CN2C(=O)S/C(=C\c3ccc(Sc4ccc(C)cc4)cc3)C2=O)cc1Cl. The van der Waals surface area contributed by atoms with E-state index in [0.29, 0.717) is 16.5 Å². The van der Waals surface area contributed by atoms with E-state index in [1.165, 1.54) is 18.7 Å². The number of amides is 3. The summed E-state index contributed by atoms with van der Waals surface area (Å²) >= 11 is 8.54. The van der Waals surface area contributed by atoms with Gasteiger partial charge in [0.05, 0.1) is 17.0 Å². The predicted molar refractivity (Wildman–Crippen MR) is 141 cm³/mol. The minimum Gasteiger partial charge on any atom is -0.495 e. The Balaban J connectivity index is 1.38. The largest absolute Gasteiger partial charge is 0.495 e. The number of thioether (sulfide) groups is 1. The maximum Gasteiger partial charge on any atom is 0.294 e. The van der Waals surface area contributed by atoms with E-state index in [4.69, 9.17) is 16.3 Å². The summed E-state index contributed by atoms with van der Waals surface area (Å²) in [6, 6.07) is 20.8. The van der Waals surface area contributed by atoms with Crippen molar-refractivity contribution in [2.75, 3.05) is 19.0 Å². The number of halogens is 1. The number of rotatable bonds is 7. The van der Waals surface area contributed by atoms with Crippen LogP contribution >= 0.6 is 35.1 Å². The standard InChI is InChI=1S/C26H21ClN2O4S2/c1-16-3-8-19(9-4-16)34-20-10-5-17(6-11-20)13-23-25(31)29(26(32)35-23)15-24(30)28-18-7-12-22(33-2)21(27)14-18/h3-14H,15H2,1-2H3,(H,28,30)/b23-13-. The highest BCUT2D eigenvalue weighted by molar-refractivity contribution is 8.18. The number of imide groups is 1. The Kier molecular flexibility index (Phi) is 7.85. The van der Waals surface area contributed by atoms with Gasteiger partial charge in [0, 0.05) is 15.5 Å². The predicted octanol–water partition coefficient (Wildman–Crippen LogP) is 6.48. The lowest BCUT2D eigenvalue weighted by atomic mass is 10.2. The molecule has 3 aromatic rings. The van der Waals surface area contributed by atoms with Crippen LogP contribution in [0.4, 0.5) is 10.5 Å². The molecule has 0 spiro atoms. The summed E-state index contributed by atoms with van der Waals surface area (Å²) in [4.78, 5) is 41.0. The van der Waals surface area contributed by atoms with Gasteiger partial charge in [0.25, 0.3) is 11.1 Å². The van der Waals surface area contributed by atoms with Crippen molar-refractivity contribution in [2.24, 2.45) is 0 Å². The van der Waals surface area contributed by atoms with E-state index in [1.54, 1.807) is 30.0 Å². The van der Waals surface area contributed by atoms with Gasteiger partial charge >= 0.3 is 0 Å². The highest BCUT2D eigenvalue weighted by atomic mass is 35.5. The minimum absolute atomic E-state index is 0.272. The quantitative estimate of drug-likeness (QED) is 0.356. The number of hydrogen-bond acceptors (Lipinski definition) is 6. The fourth-order valence-electron chi connectivity index (χ4n) is 3.25. The summed E-state index contributed by atoms with van der Waals surface area (Å²) in [5.74, 6) is -0.532. The van der Waals surface area contributed by atoms with Gasteiger partial charge < -0.3 is 10.1 Å². The van der Waals surface area contributed by atoms with Crippen LogP contribution in [0.3, 0.4) is 0 Å². The van der Waals surface area contributed by atoms with E-state index < -0.39 is 23.6 Å². The third-order valence-electron chi connectivity index (χ3n) is 5.05. The molecular formula is C26H21ClN2O4S2. The van der Waals surface area contributed by atoms with Gasteiger partial charge in [0.2, 0.25) is 5.91 Å². The highest BCUT2D eigenvalue weighted by Crippen LogP contribution is 2.33. The molecule has 1 aliphatic rings. The van der Waals surface area contributed by atoms with Crippen LogP contribution in [0.1, 0.15) is 11.1 Å². The Morgan fingerprint density at radius 1 is 1.06 bits per heavy atom. The summed E-state index contributed by atoms with van der Waals surface area (Å²) in [6.07, 6.45) is 1.66. The summed E-state index contributed by atoms with van der Waals surface area (Å²) in [7, 11) is 1.49. The average Bonchev–Trinajstić information content (AvgIpc) is 3.09. The zero-order valence-corrected chi connectivity index (χ0v) is 21.3. The molecule has 1 heterocycles. The first-order valence-electron chi connectivity index (χ1n) is 10.6. The molecule has 1 aliphatic heterocycles. The number of carbonyl (C=O) groups excluding carboxylic acids is 3. The van der Waals surface area contributed by atoms with Gasteiger partial charge in [0.1, 0.15) is 12.3 Å². The van der Waals surface area contributed by atoms with Gasteiger partial charge in [-0.3, -0.25) is 19.3 Å². The van der Waals surface area contributed by atoms with Crippen molar-refractivity contribution in [2.45, 2.75) is 16.7 Å². The van der Waals surface area contributed by atoms with E-state index in [1.807, 2.05) is 31.2 Å². The van der Waals surface area contributed by atoms with Crippen molar-refractivity contribution in [3.63, 3.8) is 0 Å².